The summed E-state index contributed by atoms with van der Waals surface area (Å²) in [5.41, 5.74) is 8.19. The topological polar surface area (TPSA) is 88.6 Å². The number of benzene rings is 2. The standard InChI is InChI=1S/C20H21N3O4/c1-25-17-9-14(10-18(26-2)19(17)27-3)15-11-16(20(21)24)23(22-15)12-13-7-5-4-6-8-13/h4-11H,12H2,1-3H3,(H2,21,24). The number of carbonyl (C=O) groups is 1. The Morgan fingerprint density at radius 1 is 1.00 bits per heavy atom. The zero-order chi connectivity index (χ0) is 19.4. The van der Waals surface area contributed by atoms with Gasteiger partial charge in [0, 0.05) is 5.56 Å². The fourth-order valence-corrected chi connectivity index (χ4v) is 2.86. The molecule has 7 nitrogen and oxygen atoms in total. The van der Waals surface area contributed by atoms with Crippen LogP contribution < -0.4 is 19.9 Å². The highest BCUT2D eigenvalue weighted by Crippen LogP contribution is 2.41. The molecule has 1 aromatic heterocycles. The molecule has 3 aromatic rings. The Morgan fingerprint density at radius 2 is 1.63 bits per heavy atom. The summed E-state index contributed by atoms with van der Waals surface area (Å²) in [6, 6.07) is 14.9. The minimum Gasteiger partial charge on any atom is -0.493 e. The van der Waals surface area contributed by atoms with Gasteiger partial charge in [0.2, 0.25) is 5.75 Å². The summed E-state index contributed by atoms with van der Waals surface area (Å²) in [4.78, 5) is 11.9. The van der Waals surface area contributed by atoms with E-state index in [-0.39, 0.29) is 0 Å². The Bertz CT molecular complexity index is 926. The van der Waals surface area contributed by atoms with Crippen molar-refractivity contribution >= 4 is 5.91 Å². The maximum Gasteiger partial charge on any atom is 0.267 e. The van der Waals surface area contributed by atoms with E-state index in [1.807, 2.05) is 30.3 Å². The molecule has 7 heteroatoms. The molecule has 1 amide bonds. The van der Waals surface area contributed by atoms with Crippen LogP contribution in [0.15, 0.2) is 48.5 Å². The van der Waals surface area contributed by atoms with Crippen LogP contribution in [0, 0.1) is 0 Å². The molecule has 27 heavy (non-hydrogen) atoms. The highest BCUT2D eigenvalue weighted by atomic mass is 16.5. The second-order valence-electron chi connectivity index (χ2n) is 5.84. The van der Waals surface area contributed by atoms with E-state index in [1.54, 1.807) is 44.2 Å². The molecule has 2 aromatic carbocycles. The van der Waals surface area contributed by atoms with Crippen molar-refractivity contribution < 1.29 is 19.0 Å². The summed E-state index contributed by atoms with van der Waals surface area (Å²) < 4.78 is 17.7. The van der Waals surface area contributed by atoms with E-state index in [4.69, 9.17) is 19.9 Å². The van der Waals surface area contributed by atoms with Crippen molar-refractivity contribution in [2.24, 2.45) is 5.73 Å². The van der Waals surface area contributed by atoms with E-state index in [0.29, 0.717) is 35.2 Å². The molecule has 0 radical (unpaired) electrons. The molecule has 0 saturated heterocycles. The van der Waals surface area contributed by atoms with Crippen LogP contribution in [0.4, 0.5) is 0 Å². The van der Waals surface area contributed by atoms with Gasteiger partial charge in [-0.2, -0.15) is 5.10 Å². The molecule has 0 fully saturated rings. The van der Waals surface area contributed by atoms with Crippen LogP contribution in [0.3, 0.4) is 0 Å². The predicted molar refractivity (Wildman–Crippen MR) is 101 cm³/mol. The first-order valence-corrected chi connectivity index (χ1v) is 8.29. The molecule has 0 bridgehead atoms. The number of amides is 1. The van der Waals surface area contributed by atoms with Crippen LogP contribution in [0.5, 0.6) is 17.2 Å². The van der Waals surface area contributed by atoms with Gasteiger partial charge in [0.15, 0.2) is 11.5 Å². The van der Waals surface area contributed by atoms with Gasteiger partial charge in [-0.15, -0.1) is 0 Å². The SMILES string of the molecule is COc1cc(-c2cc(C(N)=O)n(Cc3ccccc3)n2)cc(OC)c1OC. The Labute approximate surface area is 157 Å². The fraction of sp³-hybridized carbons (Fsp3) is 0.200. The van der Waals surface area contributed by atoms with Crippen molar-refractivity contribution in [1.82, 2.24) is 9.78 Å². The van der Waals surface area contributed by atoms with Gasteiger partial charge in [0.1, 0.15) is 5.69 Å². The van der Waals surface area contributed by atoms with Gasteiger partial charge in [0.05, 0.1) is 33.6 Å². The normalized spacial score (nSPS) is 10.5. The number of nitrogens with zero attached hydrogens (tertiary/aromatic N) is 2. The Balaban J connectivity index is 2.07. The van der Waals surface area contributed by atoms with Gasteiger partial charge in [-0.3, -0.25) is 9.48 Å². The molecule has 0 unspecified atom stereocenters. The van der Waals surface area contributed by atoms with Gasteiger partial charge >= 0.3 is 0 Å². The fourth-order valence-electron chi connectivity index (χ4n) is 2.86. The third-order valence-electron chi connectivity index (χ3n) is 4.17. The zero-order valence-corrected chi connectivity index (χ0v) is 15.4. The van der Waals surface area contributed by atoms with E-state index in [9.17, 15) is 4.79 Å². The minimum atomic E-state index is -0.544. The third kappa shape index (κ3) is 3.72. The van der Waals surface area contributed by atoms with Crippen molar-refractivity contribution in [3.05, 3.63) is 59.8 Å². The molecule has 0 atom stereocenters. The van der Waals surface area contributed by atoms with Gasteiger partial charge < -0.3 is 19.9 Å². The zero-order valence-electron chi connectivity index (χ0n) is 15.4. The van der Waals surface area contributed by atoms with E-state index in [2.05, 4.69) is 5.10 Å². The molecule has 0 spiro atoms. The molecular formula is C20H21N3O4. The van der Waals surface area contributed by atoms with Crippen LogP contribution in [-0.2, 0) is 6.54 Å². The molecule has 0 saturated carbocycles. The van der Waals surface area contributed by atoms with E-state index in [1.165, 1.54) is 0 Å². The Kier molecular flexibility index (Phi) is 5.30. The maximum atomic E-state index is 11.9. The number of methoxy groups -OCH3 is 3. The summed E-state index contributed by atoms with van der Waals surface area (Å²) >= 11 is 0. The van der Waals surface area contributed by atoms with E-state index < -0.39 is 5.91 Å². The Morgan fingerprint density at radius 3 is 2.15 bits per heavy atom. The summed E-state index contributed by atoms with van der Waals surface area (Å²) in [5.74, 6) is 0.954. The lowest BCUT2D eigenvalue weighted by Gasteiger charge is -2.13. The highest BCUT2D eigenvalue weighted by Gasteiger charge is 2.18. The van der Waals surface area contributed by atoms with Gasteiger partial charge in [-0.05, 0) is 23.8 Å². The molecule has 0 aliphatic carbocycles. The smallest absolute Gasteiger partial charge is 0.267 e. The monoisotopic (exact) mass is 367 g/mol. The molecule has 0 aliphatic heterocycles. The number of ether oxygens (including phenoxy) is 3. The van der Waals surface area contributed by atoms with Crippen LogP contribution in [-0.4, -0.2) is 37.0 Å². The first-order valence-electron chi connectivity index (χ1n) is 8.29. The van der Waals surface area contributed by atoms with Gasteiger partial charge in [-0.1, -0.05) is 30.3 Å². The van der Waals surface area contributed by atoms with E-state index in [0.717, 1.165) is 11.1 Å². The lowest BCUT2D eigenvalue weighted by Crippen LogP contribution is -2.18. The summed E-state index contributed by atoms with van der Waals surface area (Å²) in [7, 11) is 4.63. The molecule has 3 rings (SSSR count). The molecule has 140 valence electrons. The van der Waals surface area contributed by atoms with Crippen LogP contribution in [0.1, 0.15) is 16.1 Å². The first kappa shape index (κ1) is 18.3. The van der Waals surface area contributed by atoms with Crippen molar-refractivity contribution in [2.75, 3.05) is 21.3 Å². The average Bonchev–Trinajstić information content (AvgIpc) is 3.11. The molecule has 1 heterocycles. The van der Waals surface area contributed by atoms with E-state index >= 15 is 0 Å². The van der Waals surface area contributed by atoms with Crippen molar-refractivity contribution in [2.45, 2.75) is 6.54 Å². The predicted octanol–water partition coefficient (Wildman–Crippen LogP) is 2.72. The van der Waals surface area contributed by atoms with Crippen molar-refractivity contribution in [3.63, 3.8) is 0 Å². The number of rotatable bonds is 7. The minimum absolute atomic E-state index is 0.322. The second kappa shape index (κ2) is 7.82. The van der Waals surface area contributed by atoms with Crippen molar-refractivity contribution in [1.29, 1.82) is 0 Å². The summed E-state index contributed by atoms with van der Waals surface area (Å²) in [5, 5.41) is 4.57. The molecular weight excluding hydrogens is 346 g/mol. The quantitative estimate of drug-likeness (QED) is 0.694. The van der Waals surface area contributed by atoms with Gasteiger partial charge in [0.25, 0.3) is 5.91 Å². The summed E-state index contributed by atoms with van der Waals surface area (Å²) in [6.07, 6.45) is 0. The number of aromatic nitrogens is 2. The first-order chi connectivity index (χ1) is 13.1. The highest BCUT2D eigenvalue weighted by molar-refractivity contribution is 5.92. The number of hydrogen-bond acceptors (Lipinski definition) is 5. The molecule has 2 N–H and O–H groups in total. The largest absolute Gasteiger partial charge is 0.493 e. The lowest BCUT2D eigenvalue weighted by molar-refractivity contribution is 0.0990. The third-order valence-corrected chi connectivity index (χ3v) is 4.17. The number of hydrogen-bond donors (Lipinski definition) is 1. The Hall–Kier alpha value is -3.48. The second-order valence-corrected chi connectivity index (χ2v) is 5.84. The van der Waals surface area contributed by atoms with Gasteiger partial charge in [-0.25, -0.2) is 0 Å². The number of primary amides is 1. The van der Waals surface area contributed by atoms with Crippen LogP contribution >= 0.6 is 0 Å². The van der Waals surface area contributed by atoms with Crippen LogP contribution in [0.2, 0.25) is 0 Å². The summed E-state index contributed by atoms with van der Waals surface area (Å²) in [6.45, 7) is 0.434. The maximum absolute atomic E-state index is 11.9. The lowest BCUT2D eigenvalue weighted by atomic mass is 10.1. The number of carbonyl (C=O) groups excluding carboxylic acids is 1. The number of nitrogens with two attached hydrogens (primary N) is 1. The van der Waals surface area contributed by atoms with Crippen LogP contribution in [0.25, 0.3) is 11.3 Å². The molecule has 0 aliphatic rings. The van der Waals surface area contributed by atoms with Crippen molar-refractivity contribution in [3.8, 4) is 28.5 Å². The average molecular weight is 367 g/mol.